The molecular weight excluding hydrogens is 361 g/mol. The molecule has 0 aliphatic carbocycles. The molecule has 0 saturated carbocycles. The summed E-state index contributed by atoms with van der Waals surface area (Å²) in [5.41, 5.74) is 6.34. The van der Waals surface area contributed by atoms with Crippen LogP contribution in [0.2, 0.25) is 0 Å². The number of hydrogen-bond donors (Lipinski definition) is 1. The first-order valence-electron chi connectivity index (χ1n) is 9.42. The van der Waals surface area contributed by atoms with E-state index in [0.717, 1.165) is 30.8 Å². The highest BCUT2D eigenvalue weighted by Gasteiger charge is 2.09. The lowest BCUT2D eigenvalue weighted by atomic mass is 10.1. The maximum Gasteiger partial charge on any atom is 0.123 e. The van der Waals surface area contributed by atoms with Gasteiger partial charge in [-0.3, -0.25) is 0 Å². The Morgan fingerprint density at radius 3 is 2.61 bits per heavy atom. The molecule has 0 radical (unpaired) electrons. The Morgan fingerprint density at radius 1 is 1.00 bits per heavy atom. The normalized spacial score (nSPS) is 11.1. The fourth-order valence-corrected chi connectivity index (χ4v) is 4.19. The maximum atomic E-state index is 4.89. The lowest BCUT2D eigenvalue weighted by molar-refractivity contribution is 0.414. The molecule has 2 aromatic carbocycles. The van der Waals surface area contributed by atoms with Crippen LogP contribution in [-0.2, 0) is 19.3 Å². The first-order chi connectivity index (χ1) is 13.2. The number of nitrogens with zero attached hydrogens (tertiary/aromatic N) is 2. The van der Waals surface area contributed by atoms with Crippen LogP contribution in [0.4, 0.5) is 0 Å². The van der Waals surface area contributed by atoms with Gasteiger partial charge in [-0.1, -0.05) is 30.3 Å². The van der Waals surface area contributed by atoms with Gasteiger partial charge >= 0.3 is 0 Å². The largest absolute Gasteiger partial charge is 0.361 e. The molecule has 0 fully saturated rings. The number of hydrogen-bond acceptors (Lipinski definition) is 3. The van der Waals surface area contributed by atoms with Crippen molar-refractivity contribution in [2.45, 2.75) is 19.3 Å². The van der Waals surface area contributed by atoms with Crippen molar-refractivity contribution in [1.29, 1.82) is 0 Å². The van der Waals surface area contributed by atoms with E-state index in [4.69, 9.17) is 4.98 Å². The molecule has 3 nitrogen and oxygen atoms in total. The van der Waals surface area contributed by atoms with Crippen LogP contribution in [0.3, 0.4) is 0 Å². The first kappa shape index (κ1) is 20.4. The summed E-state index contributed by atoms with van der Waals surface area (Å²) in [5, 5.41) is 4.63. The van der Waals surface area contributed by atoms with Gasteiger partial charge in [-0.25, -0.2) is 4.98 Å². The van der Waals surface area contributed by atoms with E-state index in [-0.39, 0.29) is 8.41 Å². The number of aromatic nitrogens is 2. The molecule has 28 heavy (non-hydrogen) atoms. The Balaban J connectivity index is 0.00000225. The highest BCUT2D eigenvalue weighted by molar-refractivity contribution is 7.13. The lowest BCUT2D eigenvalue weighted by Gasteiger charge is -2.08. The average molecular weight is 389 g/mol. The molecule has 0 spiro atoms. The highest BCUT2D eigenvalue weighted by atomic mass is 32.1. The summed E-state index contributed by atoms with van der Waals surface area (Å²) in [6.45, 7) is 1.05. The standard InChI is InChI=1S/C23H25N3S.BH3/c1-26(2)13-12-19-15-24-22-11-9-18(14-21(19)22)23-25-20(16-27-23)10-8-17-6-4-3-5-7-17;/h3-7,9,11,14-16,24H,8,10,12-13H2,1-2H3;1H3. The van der Waals surface area contributed by atoms with Gasteiger partial charge in [0, 0.05) is 34.6 Å². The highest BCUT2D eigenvalue weighted by Crippen LogP contribution is 2.29. The van der Waals surface area contributed by atoms with Gasteiger partial charge in [-0.2, -0.15) is 0 Å². The molecule has 4 rings (SSSR count). The molecule has 0 bridgehead atoms. The first-order valence-corrected chi connectivity index (χ1v) is 10.3. The van der Waals surface area contributed by atoms with Gasteiger partial charge in [0.15, 0.2) is 0 Å². The third-order valence-electron chi connectivity index (χ3n) is 4.91. The molecule has 0 unspecified atom stereocenters. The van der Waals surface area contributed by atoms with E-state index in [0.29, 0.717) is 0 Å². The molecular formula is C23H28BN3S. The number of fused-ring (bicyclic) bond motifs is 1. The number of H-pyrrole nitrogens is 1. The van der Waals surface area contributed by atoms with Crippen molar-refractivity contribution in [3.63, 3.8) is 0 Å². The number of likely N-dealkylation sites (N-methyl/N-ethyl adjacent to an activating group) is 1. The van der Waals surface area contributed by atoms with Crippen LogP contribution in [0.1, 0.15) is 16.8 Å². The number of aryl methyl sites for hydroxylation is 2. The molecule has 0 atom stereocenters. The van der Waals surface area contributed by atoms with Gasteiger partial charge < -0.3 is 9.88 Å². The average Bonchev–Trinajstić information content (AvgIpc) is 3.32. The molecule has 2 aromatic heterocycles. The molecule has 5 heteroatoms. The zero-order valence-corrected chi connectivity index (χ0v) is 16.7. The summed E-state index contributed by atoms with van der Waals surface area (Å²) in [6.07, 6.45) is 5.22. The number of aromatic amines is 1. The lowest BCUT2D eigenvalue weighted by Crippen LogP contribution is -2.14. The van der Waals surface area contributed by atoms with Crippen LogP contribution in [0, 0.1) is 0 Å². The third kappa shape index (κ3) is 4.72. The fraction of sp³-hybridized carbons (Fsp3) is 0.261. The van der Waals surface area contributed by atoms with Gasteiger partial charge in [0.05, 0.1) is 14.1 Å². The smallest absolute Gasteiger partial charge is 0.123 e. The van der Waals surface area contributed by atoms with E-state index in [1.807, 2.05) is 0 Å². The molecule has 0 aliphatic rings. The predicted octanol–water partition coefficient (Wildman–Crippen LogP) is 4.00. The van der Waals surface area contributed by atoms with Crippen LogP contribution in [0.25, 0.3) is 21.5 Å². The number of benzene rings is 2. The molecule has 144 valence electrons. The van der Waals surface area contributed by atoms with Crippen molar-refractivity contribution in [2.75, 3.05) is 20.6 Å². The second-order valence-corrected chi connectivity index (χ2v) is 8.12. The summed E-state index contributed by atoms with van der Waals surface area (Å²) in [7, 11) is 4.24. The van der Waals surface area contributed by atoms with Gasteiger partial charge in [0.2, 0.25) is 0 Å². The van der Waals surface area contributed by atoms with E-state index < -0.39 is 0 Å². The Bertz CT molecular complexity index is 1020. The van der Waals surface area contributed by atoms with Gasteiger partial charge in [-0.15, -0.1) is 11.3 Å². The Labute approximate surface area is 173 Å². The summed E-state index contributed by atoms with van der Waals surface area (Å²) in [4.78, 5) is 10.5. The van der Waals surface area contributed by atoms with Crippen LogP contribution < -0.4 is 0 Å². The van der Waals surface area contributed by atoms with Crippen molar-refractivity contribution in [3.8, 4) is 10.6 Å². The SMILES string of the molecule is B.CN(C)CCc1c[nH]c2ccc(-c3nc(CCc4ccccc4)cs3)cc12. The summed E-state index contributed by atoms with van der Waals surface area (Å²) >= 11 is 1.74. The second kappa shape index (κ2) is 9.22. The topological polar surface area (TPSA) is 31.9 Å². The quantitative estimate of drug-likeness (QED) is 0.485. The zero-order chi connectivity index (χ0) is 18.6. The van der Waals surface area contributed by atoms with Crippen molar-refractivity contribution in [1.82, 2.24) is 14.9 Å². The summed E-state index contributed by atoms with van der Waals surface area (Å²) in [6, 6.07) is 17.3. The van der Waals surface area contributed by atoms with E-state index in [1.54, 1.807) is 11.3 Å². The van der Waals surface area contributed by atoms with Crippen molar-refractivity contribution < 1.29 is 0 Å². The maximum absolute atomic E-state index is 4.89. The Kier molecular flexibility index (Phi) is 6.71. The van der Waals surface area contributed by atoms with E-state index in [9.17, 15) is 0 Å². The molecule has 4 aromatic rings. The molecule has 0 amide bonds. The minimum absolute atomic E-state index is 0. The summed E-state index contributed by atoms with van der Waals surface area (Å²) < 4.78 is 0. The van der Waals surface area contributed by atoms with Crippen LogP contribution in [0.5, 0.6) is 0 Å². The molecule has 2 heterocycles. The van der Waals surface area contributed by atoms with E-state index in [1.165, 1.54) is 33.3 Å². The minimum Gasteiger partial charge on any atom is -0.361 e. The van der Waals surface area contributed by atoms with Crippen molar-refractivity contribution >= 4 is 30.7 Å². The van der Waals surface area contributed by atoms with Gasteiger partial charge in [-0.05, 0) is 62.7 Å². The molecule has 0 saturated heterocycles. The third-order valence-corrected chi connectivity index (χ3v) is 5.85. The van der Waals surface area contributed by atoms with Gasteiger partial charge in [0.25, 0.3) is 0 Å². The number of rotatable bonds is 7. The van der Waals surface area contributed by atoms with Crippen molar-refractivity contribution in [3.05, 3.63) is 76.9 Å². The Morgan fingerprint density at radius 2 is 1.82 bits per heavy atom. The van der Waals surface area contributed by atoms with E-state index >= 15 is 0 Å². The fourth-order valence-electron chi connectivity index (χ4n) is 3.33. The molecule has 0 aliphatic heterocycles. The van der Waals surface area contributed by atoms with Gasteiger partial charge in [0.1, 0.15) is 5.01 Å². The summed E-state index contributed by atoms with van der Waals surface area (Å²) in [5.74, 6) is 0. The minimum atomic E-state index is 0. The number of thiazole rings is 1. The Hall–Kier alpha value is -2.37. The predicted molar refractivity (Wildman–Crippen MR) is 125 cm³/mol. The number of nitrogens with one attached hydrogen (secondary N) is 1. The zero-order valence-electron chi connectivity index (χ0n) is 15.9. The van der Waals surface area contributed by atoms with Crippen molar-refractivity contribution in [2.24, 2.45) is 0 Å². The van der Waals surface area contributed by atoms with E-state index in [2.05, 4.69) is 84.1 Å². The molecule has 1 N–H and O–H groups in total. The monoisotopic (exact) mass is 389 g/mol. The van der Waals surface area contributed by atoms with Crippen LogP contribution in [0.15, 0.2) is 60.1 Å². The van der Waals surface area contributed by atoms with Crippen LogP contribution in [-0.4, -0.2) is 43.9 Å². The van der Waals surface area contributed by atoms with Crippen LogP contribution >= 0.6 is 11.3 Å². The second-order valence-electron chi connectivity index (χ2n) is 7.26.